The first-order valence-electron chi connectivity index (χ1n) is 6.19. The molecule has 0 radical (unpaired) electrons. The largest absolute Gasteiger partial charge is 0.375 e. The van der Waals surface area contributed by atoms with Crippen LogP contribution in [0.15, 0.2) is 18.2 Å². The van der Waals surface area contributed by atoms with Crippen LogP contribution in [0.4, 0.5) is 5.69 Å². The van der Waals surface area contributed by atoms with Crippen LogP contribution < -0.4 is 10.6 Å². The van der Waals surface area contributed by atoms with E-state index < -0.39 is 0 Å². The van der Waals surface area contributed by atoms with Crippen molar-refractivity contribution in [1.82, 2.24) is 5.32 Å². The molecule has 0 saturated heterocycles. The van der Waals surface area contributed by atoms with E-state index in [-0.39, 0.29) is 12.5 Å². The van der Waals surface area contributed by atoms with Crippen molar-refractivity contribution in [3.05, 3.63) is 29.3 Å². The molecule has 96 valence electrons. The summed E-state index contributed by atoms with van der Waals surface area (Å²) in [5.41, 5.74) is 2.22. The lowest BCUT2D eigenvalue weighted by Crippen LogP contribution is -2.30. The Labute approximate surface area is 108 Å². The molecule has 0 aliphatic carbocycles. The third-order valence-electron chi connectivity index (χ3n) is 2.68. The molecule has 4 heteroatoms. The summed E-state index contributed by atoms with van der Waals surface area (Å²) in [7, 11) is 0. The number of hydrogen-bond donors (Lipinski definition) is 2. The minimum atomic E-state index is -0.0474. The number of benzene rings is 1. The van der Waals surface area contributed by atoms with Crippen LogP contribution in [0.25, 0.3) is 0 Å². The quantitative estimate of drug-likeness (QED) is 0.755. The maximum absolute atomic E-state index is 11.5. The Balaban J connectivity index is 2.51. The summed E-state index contributed by atoms with van der Waals surface area (Å²) in [4.78, 5) is 11.5. The third-order valence-corrected chi connectivity index (χ3v) is 2.68. The van der Waals surface area contributed by atoms with Gasteiger partial charge in [0.05, 0.1) is 17.8 Å². The molecule has 0 heterocycles. The molecule has 0 atom stereocenters. The van der Waals surface area contributed by atoms with E-state index in [4.69, 9.17) is 5.26 Å². The predicted molar refractivity (Wildman–Crippen MR) is 72.3 cm³/mol. The number of aryl methyl sites for hydroxylation is 1. The van der Waals surface area contributed by atoms with E-state index in [1.165, 1.54) is 0 Å². The molecule has 0 fully saturated rings. The van der Waals surface area contributed by atoms with Gasteiger partial charge in [0.1, 0.15) is 6.07 Å². The molecule has 0 aromatic heterocycles. The average Bonchev–Trinajstić information content (AvgIpc) is 2.36. The van der Waals surface area contributed by atoms with Gasteiger partial charge in [-0.2, -0.15) is 5.26 Å². The molecule has 1 rings (SSSR count). The number of carbonyl (C=O) groups is 1. The number of nitrogens with zero attached hydrogens (tertiary/aromatic N) is 1. The number of amides is 1. The number of carbonyl (C=O) groups excluding carboxylic acids is 1. The van der Waals surface area contributed by atoms with E-state index in [2.05, 4.69) is 23.6 Å². The Bertz CT molecular complexity index is 449. The summed E-state index contributed by atoms with van der Waals surface area (Å²) in [5, 5.41) is 14.9. The van der Waals surface area contributed by atoms with Crippen molar-refractivity contribution in [3.8, 4) is 6.07 Å². The summed E-state index contributed by atoms with van der Waals surface area (Å²) in [6.45, 7) is 4.86. The zero-order valence-corrected chi connectivity index (χ0v) is 10.9. The second-order valence-corrected chi connectivity index (χ2v) is 4.17. The second-order valence-electron chi connectivity index (χ2n) is 4.17. The molecule has 1 aromatic rings. The van der Waals surface area contributed by atoms with Crippen molar-refractivity contribution in [3.63, 3.8) is 0 Å². The summed E-state index contributed by atoms with van der Waals surface area (Å²) < 4.78 is 0. The summed E-state index contributed by atoms with van der Waals surface area (Å²) in [6, 6.07) is 7.70. The minimum Gasteiger partial charge on any atom is -0.375 e. The van der Waals surface area contributed by atoms with Gasteiger partial charge in [-0.3, -0.25) is 4.79 Å². The highest BCUT2D eigenvalue weighted by Crippen LogP contribution is 2.17. The van der Waals surface area contributed by atoms with E-state index in [0.717, 1.165) is 18.4 Å². The molecule has 2 N–H and O–H groups in total. The lowest BCUT2D eigenvalue weighted by molar-refractivity contribution is -0.119. The van der Waals surface area contributed by atoms with Gasteiger partial charge in [-0.05, 0) is 25.0 Å². The Morgan fingerprint density at radius 2 is 2.22 bits per heavy atom. The smallest absolute Gasteiger partial charge is 0.239 e. The maximum atomic E-state index is 11.5. The fourth-order valence-electron chi connectivity index (χ4n) is 1.61. The first-order chi connectivity index (χ1) is 8.69. The van der Waals surface area contributed by atoms with Crippen LogP contribution in [0.3, 0.4) is 0 Å². The molecular weight excluding hydrogens is 226 g/mol. The van der Waals surface area contributed by atoms with E-state index in [0.29, 0.717) is 17.8 Å². The van der Waals surface area contributed by atoms with Gasteiger partial charge < -0.3 is 10.6 Å². The predicted octanol–water partition coefficient (Wildman–Crippen LogP) is 2.19. The zero-order chi connectivity index (χ0) is 13.4. The molecule has 0 bridgehead atoms. The van der Waals surface area contributed by atoms with Crippen molar-refractivity contribution in [2.24, 2.45) is 0 Å². The SMILES string of the molecule is CCCCNC(=O)CNc1cccc(C)c1C#N. The highest BCUT2D eigenvalue weighted by molar-refractivity contribution is 5.81. The Morgan fingerprint density at radius 1 is 1.44 bits per heavy atom. The van der Waals surface area contributed by atoms with E-state index in [1.54, 1.807) is 0 Å². The lowest BCUT2D eigenvalue weighted by Gasteiger charge is -2.10. The van der Waals surface area contributed by atoms with Gasteiger partial charge in [-0.1, -0.05) is 25.5 Å². The number of anilines is 1. The minimum absolute atomic E-state index is 0.0474. The summed E-state index contributed by atoms with van der Waals surface area (Å²) in [6.07, 6.45) is 2.05. The Kier molecular flexibility index (Phi) is 5.72. The first kappa shape index (κ1) is 14.0. The van der Waals surface area contributed by atoms with Crippen LogP contribution in [-0.2, 0) is 4.79 Å². The third kappa shape index (κ3) is 4.10. The molecular formula is C14H19N3O. The number of nitriles is 1. The molecule has 0 spiro atoms. The summed E-state index contributed by atoms with van der Waals surface area (Å²) >= 11 is 0. The molecule has 4 nitrogen and oxygen atoms in total. The maximum Gasteiger partial charge on any atom is 0.239 e. The first-order valence-corrected chi connectivity index (χ1v) is 6.19. The van der Waals surface area contributed by atoms with Gasteiger partial charge in [-0.15, -0.1) is 0 Å². The van der Waals surface area contributed by atoms with Crippen molar-refractivity contribution in [2.75, 3.05) is 18.4 Å². The van der Waals surface area contributed by atoms with Crippen molar-refractivity contribution >= 4 is 11.6 Å². The van der Waals surface area contributed by atoms with Crippen LogP contribution in [0.5, 0.6) is 0 Å². The van der Waals surface area contributed by atoms with Crippen molar-refractivity contribution < 1.29 is 4.79 Å². The van der Waals surface area contributed by atoms with E-state index in [9.17, 15) is 4.79 Å². The standard InChI is InChI=1S/C14H19N3O/c1-3-4-8-16-14(18)10-17-13-7-5-6-11(2)12(13)9-15/h5-7,17H,3-4,8,10H2,1-2H3,(H,16,18). The van der Waals surface area contributed by atoms with Crippen molar-refractivity contribution in [2.45, 2.75) is 26.7 Å². The van der Waals surface area contributed by atoms with Crippen LogP contribution >= 0.6 is 0 Å². The van der Waals surface area contributed by atoms with Gasteiger partial charge in [0, 0.05) is 6.54 Å². The van der Waals surface area contributed by atoms with E-state index >= 15 is 0 Å². The molecule has 0 aliphatic rings. The number of unbranched alkanes of at least 4 members (excludes halogenated alkanes) is 1. The van der Waals surface area contributed by atoms with Crippen LogP contribution in [0, 0.1) is 18.3 Å². The highest BCUT2D eigenvalue weighted by atomic mass is 16.1. The zero-order valence-electron chi connectivity index (χ0n) is 10.9. The van der Waals surface area contributed by atoms with Gasteiger partial charge in [0.15, 0.2) is 0 Å². The molecule has 18 heavy (non-hydrogen) atoms. The lowest BCUT2D eigenvalue weighted by atomic mass is 10.1. The van der Waals surface area contributed by atoms with Crippen molar-refractivity contribution in [1.29, 1.82) is 5.26 Å². The summed E-state index contributed by atoms with van der Waals surface area (Å²) in [5.74, 6) is -0.0474. The molecule has 1 aromatic carbocycles. The monoisotopic (exact) mass is 245 g/mol. The van der Waals surface area contributed by atoms with Gasteiger partial charge in [0.2, 0.25) is 5.91 Å². The van der Waals surface area contributed by atoms with Gasteiger partial charge >= 0.3 is 0 Å². The second kappa shape index (κ2) is 7.33. The number of hydrogen-bond acceptors (Lipinski definition) is 3. The molecule has 1 amide bonds. The number of nitrogens with one attached hydrogen (secondary N) is 2. The van der Waals surface area contributed by atoms with Gasteiger partial charge in [0.25, 0.3) is 0 Å². The van der Waals surface area contributed by atoms with Crippen LogP contribution in [0.1, 0.15) is 30.9 Å². The Morgan fingerprint density at radius 3 is 2.89 bits per heavy atom. The normalized spacial score (nSPS) is 9.61. The van der Waals surface area contributed by atoms with Crippen LogP contribution in [-0.4, -0.2) is 19.0 Å². The molecule has 0 aliphatic heterocycles. The van der Waals surface area contributed by atoms with Gasteiger partial charge in [-0.25, -0.2) is 0 Å². The van der Waals surface area contributed by atoms with E-state index in [1.807, 2.05) is 25.1 Å². The number of rotatable bonds is 6. The fraction of sp³-hybridized carbons (Fsp3) is 0.429. The van der Waals surface area contributed by atoms with Crippen LogP contribution in [0.2, 0.25) is 0 Å². The highest BCUT2D eigenvalue weighted by Gasteiger charge is 2.06. The average molecular weight is 245 g/mol. The molecule has 0 saturated carbocycles. The fourth-order valence-corrected chi connectivity index (χ4v) is 1.61. The molecule has 0 unspecified atom stereocenters. The Hall–Kier alpha value is -2.02. The topological polar surface area (TPSA) is 64.9 Å².